The highest BCUT2D eigenvalue weighted by atomic mass is 32.2. The fourth-order valence-electron chi connectivity index (χ4n) is 2.18. The molecule has 5 heteroatoms. The van der Waals surface area contributed by atoms with Gasteiger partial charge in [0.05, 0.1) is 12.4 Å². The lowest BCUT2D eigenvalue weighted by Crippen LogP contribution is -2.32. The van der Waals surface area contributed by atoms with Crippen LogP contribution in [0.4, 0.5) is 0 Å². The van der Waals surface area contributed by atoms with E-state index >= 15 is 0 Å². The van der Waals surface area contributed by atoms with Crippen LogP contribution in [-0.2, 0) is 10.5 Å². The van der Waals surface area contributed by atoms with E-state index < -0.39 is 0 Å². The second-order valence-corrected chi connectivity index (χ2v) is 8.28. The van der Waals surface area contributed by atoms with E-state index in [2.05, 4.69) is 36.5 Å². The van der Waals surface area contributed by atoms with Crippen molar-refractivity contribution in [3.63, 3.8) is 0 Å². The normalized spacial score (nSPS) is 11.8. The molecule has 0 aliphatic carbocycles. The van der Waals surface area contributed by atoms with Crippen molar-refractivity contribution in [2.75, 3.05) is 19.4 Å². The second-order valence-electron chi connectivity index (χ2n) is 5.76. The Labute approximate surface area is 158 Å². The minimum Gasteiger partial charge on any atom is -0.497 e. The third-order valence-electron chi connectivity index (χ3n) is 3.68. The average molecular weight is 376 g/mol. The van der Waals surface area contributed by atoms with Crippen LogP contribution in [0.5, 0.6) is 5.75 Å². The number of hydrogen-bond acceptors (Lipinski definition) is 4. The first-order valence-electron chi connectivity index (χ1n) is 8.30. The third-order valence-corrected chi connectivity index (χ3v) is 5.82. The molecule has 0 heterocycles. The van der Waals surface area contributed by atoms with E-state index in [1.54, 1.807) is 18.9 Å². The Hall–Kier alpha value is -1.59. The predicted molar refractivity (Wildman–Crippen MR) is 109 cm³/mol. The van der Waals surface area contributed by atoms with Crippen molar-refractivity contribution in [2.45, 2.75) is 29.7 Å². The van der Waals surface area contributed by atoms with Crippen LogP contribution in [0.15, 0.2) is 53.4 Å². The molecule has 1 amide bonds. The molecule has 2 aromatic carbocycles. The SMILES string of the molecule is COc1ccc(SC(C)C(=O)NCCSCc2ccc(C)cc2)cc1. The number of hydrogen-bond donors (Lipinski definition) is 1. The molecule has 0 aliphatic heterocycles. The van der Waals surface area contributed by atoms with E-state index in [-0.39, 0.29) is 11.2 Å². The topological polar surface area (TPSA) is 38.3 Å². The van der Waals surface area contributed by atoms with Gasteiger partial charge in [-0.25, -0.2) is 0 Å². The molecular weight excluding hydrogens is 350 g/mol. The van der Waals surface area contributed by atoms with Gasteiger partial charge >= 0.3 is 0 Å². The predicted octanol–water partition coefficient (Wildman–Crippen LogP) is 4.53. The molecule has 0 fully saturated rings. The molecule has 0 saturated carbocycles. The Morgan fingerprint density at radius 3 is 2.44 bits per heavy atom. The summed E-state index contributed by atoms with van der Waals surface area (Å²) in [5.74, 6) is 2.80. The number of nitrogens with one attached hydrogen (secondary N) is 1. The van der Waals surface area contributed by atoms with E-state index in [9.17, 15) is 4.79 Å². The fourth-order valence-corrected chi connectivity index (χ4v) is 3.89. The van der Waals surface area contributed by atoms with Crippen molar-refractivity contribution in [3.8, 4) is 5.75 Å². The van der Waals surface area contributed by atoms with Crippen molar-refractivity contribution in [1.29, 1.82) is 0 Å². The summed E-state index contributed by atoms with van der Waals surface area (Å²) in [6.45, 7) is 4.73. The molecule has 0 spiro atoms. The number of ether oxygens (including phenoxy) is 1. The number of rotatable bonds is 9. The second kappa shape index (κ2) is 10.4. The molecule has 2 rings (SSSR count). The molecule has 0 radical (unpaired) electrons. The van der Waals surface area contributed by atoms with Crippen molar-refractivity contribution in [1.82, 2.24) is 5.32 Å². The van der Waals surface area contributed by atoms with Crippen LogP contribution in [-0.4, -0.2) is 30.6 Å². The van der Waals surface area contributed by atoms with Gasteiger partial charge in [-0.3, -0.25) is 4.79 Å². The van der Waals surface area contributed by atoms with Gasteiger partial charge in [0.25, 0.3) is 0 Å². The van der Waals surface area contributed by atoms with Crippen molar-refractivity contribution >= 4 is 29.4 Å². The summed E-state index contributed by atoms with van der Waals surface area (Å²) in [6.07, 6.45) is 0. The highest BCUT2D eigenvalue weighted by molar-refractivity contribution is 8.00. The van der Waals surface area contributed by atoms with E-state index in [4.69, 9.17) is 4.74 Å². The lowest BCUT2D eigenvalue weighted by molar-refractivity contribution is -0.120. The number of aryl methyl sites for hydroxylation is 1. The Morgan fingerprint density at radius 1 is 1.12 bits per heavy atom. The van der Waals surface area contributed by atoms with Crippen LogP contribution in [0.25, 0.3) is 0 Å². The van der Waals surface area contributed by atoms with Gasteiger partial charge in [-0.05, 0) is 43.7 Å². The first-order chi connectivity index (χ1) is 12.1. The van der Waals surface area contributed by atoms with Crippen LogP contribution in [0.3, 0.4) is 0 Å². The van der Waals surface area contributed by atoms with Gasteiger partial charge in [-0.2, -0.15) is 11.8 Å². The van der Waals surface area contributed by atoms with Gasteiger partial charge in [-0.1, -0.05) is 29.8 Å². The third kappa shape index (κ3) is 7.04. The first-order valence-corrected chi connectivity index (χ1v) is 10.3. The van der Waals surface area contributed by atoms with Crippen LogP contribution >= 0.6 is 23.5 Å². The van der Waals surface area contributed by atoms with Gasteiger partial charge in [-0.15, -0.1) is 11.8 Å². The van der Waals surface area contributed by atoms with Gasteiger partial charge in [0, 0.05) is 22.9 Å². The maximum Gasteiger partial charge on any atom is 0.233 e. The van der Waals surface area contributed by atoms with E-state index in [1.165, 1.54) is 11.1 Å². The monoisotopic (exact) mass is 375 g/mol. The Bertz CT molecular complexity index is 656. The number of carbonyl (C=O) groups excluding carboxylic acids is 1. The highest BCUT2D eigenvalue weighted by Crippen LogP contribution is 2.25. The van der Waals surface area contributed by atoms with E-state index in [0.717, 1.165) is 22.2 Å². The minimum atomic E-state index is -0.115. The molecule has 0 aliphatic rings. The molecule has 3 nitrogen and oxygen atoms in total. The zero-order chi connectivity index (χ0) is 18.1. The molecule has 1 unspecified atom stereocenters. The number of amides is 1. The van der Waals surface area contributed by atoms with Gasteiger partial charge < -0.3 is 10.1 Å². The molecule has 0 saturated heterocycles. The molecule has 0 bridgehead atoms. The van der Waals surface area contributed by atoms with E-state index in [0.29, 0.717) is 6.54 Å². The van der Waals surface area contributed by atoms with Gasteiger partial charge in [0.2, 0.25) is 5.91 Å². The van der Waals surface area contributed by atoms with E-state index in [1.807, 2.05) is 43.0 Å². The van der Waals surface area contributed by atoms with Crippen LogP contribution in [0.2, 0.25) is 0 Å². The maximum absolute atomic E-state index is 12.2. The van der Waals surface area contributed by atoms with Gasteiger partial charge in [0.1, 0.15) is 5.75 Å². The quantitative estimate of drug-likeness (QED) is 0.516. The van der Waals surface area contributed by atoms with Gasteiger partial charge in [0.15, 0.2) is 0 Å². The highest BCUT2D eigenvalue weighted by Gasteiger charge is 2.13. The first kappa shape index (κ1) is 19.7. The molecule has 25 heavy (non-hydrogen) atoms. The zero-order valence-electron chi connectivity index (χ0n) is 15.0. The summed E-state index contributed by atoms with van der Waals surface area (Å²) in [7, 11) is 1.65. The summed E-state index contributed by atoms with van der Waals surface area (Å²) in [4.78, 5) is 13.2. The number of methoxy groups -OCH3 is 1. The molecule has 1 N–H and O–H groups in total. The number of benzene rings is 2. The lowest BCUT2D eigenvalue weighted by Gasteiger charge is -2.12. The lowest BCUT2D eigenvalue weighted by atomic mass is 10.2. The summed E-state index contributed by atoms with van der Waals surface area (Å²) in [5, 5.41) is 2.90. The van der Waals surface area contributed by atoms with Crippen LogP contribution < -0.4 is 10.1 Å². The fraction of sp³-hybridized carbons (Fsp3) is 0.350. The maximum atomic E-state index is 12.2. The van der Waals surface area contributed by atoms with Crippen molar-refractivity contribution in [3.05, 3.63) is 59.7 Å². The number of thioether (sulfide) groups is 2. The molecule has 134 valence electrons. The summed E-state index contributed by atoms with van der Waals surface area (Å²) < 4.78 is 5.14. The minimum absolute atomic E-state index is 0.0803. The zero-order valence-corrected chi connectivity index (χ0v) is 16.6. The number of carbonyl (C=O) groups is 1. The summed E-state index contributed by atoms with van der Waals surface area (Å²) in [6, 6.07) is 16.4. The molecule has 2 aromatic rings. The average Bonchev–Trinajstić information content (AvgIpc) is 2.63. The van der Waals surface area contributed by atoms with Crippen LogP contribution in [0, 0.1) is 6.92 Å². The Morgan fingerprint density at radius 2 is 1.80 bits per heavy atom. The smallest absolute Gasteiger partial charge is 0.233 e. The Kier molecular flexibility index (Phi) is 8.22. The van der Waals surface area contributed by atoms with Crippen molar-refractivity contribution < 1.29 is 9.53 Å². The Balaban J connectivity index is 1.64. The molecule has 0 aromatic heterocycles. The summed E-state index contributed by atoms with van der Waals surface area (Å²) in [5.41, 5.74) is 2.61. The molecule has 1 atom stereocenters. The van der Waals surface area contributed by atoms with Crippen LogP contribution in [0.1, 0.15) is 18.1 Å². The largest absolute Gasteiger partial charge is 0.497 e. The summed E-state index contributed by atoms with van der Waals surface area (Å²) >= 11 is 3.40. The standard InChI is InChI=1S/C20H25NO2S2/c1-15-4-6-17(7-5-15)14-24-13-12-21-20(22)16(2)25-19-10-8-18(23-3)9-11-19/h4-11,16H,12-14H2,1-3H3,(H,21,22). The molecular formula is C20H25NO2S2. The van der Waals surface area contributed by atoms with Crippen molar-refractivity contribution in [2.24, 2.45) is 0 Å².